The Morgan fingerprint density at radius 1 is 0.960 bits per heavy atom. The topological polar surface area (TPSA) is 54.9 Å². The van der Waals surface area contributed by atoms with Crippen molar-refractivity contribution < 1.29 is 14.3 Å². The summed E-state index contributed by atoms with van der Waals surface area (Å²) in [6, 6.07) is 1.99. The highest BCUT2D eigenvalue weighted by Crippen LogP contribution is 2.33. The summed E-state index contributed by atoms with van der Waals surface area (Å²) < 4.78 is 11.6. The number of nitrogens with zero attached hydrogens (tertiary/aromatic N) is 3. The molecule has 0 radical (unpaired) electrons. The minimum Gasteiger partial charge on any atom is -0.370 e. The summed E-state index contributed by atoms with van der Waals surface area (Å²) in [4.78, 5) is 21.4. The molecule has 3 saturated heterocycles. The molecule has 0 saturated carbocycles. The van der Waals surface area contributed by atoms with Crippen molar-refractivity contribution in [3.63, 3.8) is 0 Å². The number of hydrogen-bond acceptors (Lipinski definition) is 5. The van der Waals surface area contributed by atoms with Gasteiger partial charge in [0.25, 0.3) is 5.91 Å². The van der Waals surface area contributed by atoms with Gasteiger partial charge in [0.1, 0.15) is 0 Å². The zero-order chi connectivity index (χ0) is 17.1. The van der Waals surface area contributed by atoms with E-state index in [2.05, 4.69) is 9.88 Å². The van der Waals surface area contributed by atoms with Crippen LogP contribution in [-0.4, -0.2) is 61.0 Å². The van der Waals surface area contributed by atoms with Crippen LogP contribution in [0, 0.1) is 0 Å². The molecule has 3 aliphatic heterocycles. The van der Waals surface area contributed by atoms with Gasteiger partial charge in [0.2, 0.25) is 0 Å². The maximum Gasteiger partial charge on any atom is 0.255 e. The Hall–Kier alpha value is -1.66. The Morgan fingerprint density at radius 3 is 2.32 bits per heavy atom. The van der Waals surface area contributed by atoms with E-state index in [-0.39, 0.29) is 11.7 Å². The van der Waals surface area contributed by atoms with E-state index in [4.69, 9.17) is 9.47 Å². The number of likely N-dealkylation sites (tertiary alicyclic amines) is 1. The highest BCUT2D eigenvalue weighted by molar-refractivity contribution is 5.94. The number of carbonyl (C=O) groups is 1. The van der Waals surface area contributed by atoms with E-state index in [0.717, 1.165) is 57.5 Å². The third kappa shape index (κ3) is 3.65. The first-order valence-corrected chi connectivity index (χ1v) is 9.53. The van der Waals surface area contributed by atoms with Crippen LogP contribution in [0.1, 0.15) is 48.9 Å². The molecule has 4 rings (SSSR count). The van der Waals surface area contributed by atoms with Crippen molar-refractivity contribution >= 4 is 11.6 Å². The number of pyridine rings is 1. The molecule has 0 aromatic carbocycles. The summed E-state index contributed by atoms with van der Waals surface area (Å²) >= 11 is 0. The normalized spacial score (nSPS) is 23.7. The number of ether oxygens (including phenoxy) is 2. The van der Waals surface area contributed by atoms with Crippen molar-refractivity contribution in [3.05, 3.63) is 24.0 Å². The highest BCUT2D eigenvalue weighted by atomic mass is 16.7. The maximum absolute atomic E-state index is 12.8. The third-order valence-corrected chi connectivity index (χ3v) is 5.57. The van der Waals surface area contributed by atoms with Crippen LogP contribution in [0.5, 0.6) is 0 Å². The summed E-state index contributed by atoms with van der Waals surface area (Å²) in [6.07, 6.45) is 9.93. The molecule has 0 bridgehead atoms. The first-order chi connectivity index (χ1) is 12.3. The van der Waals surface area contributed by atoms with E-state index >= 15 is 0 Å². The first-order valence-electron chi connectivity index (χ1n) is 9.53. The number of aromatic nitrogens is 1. The van der Waals surface area contributed by atoms with Crippen LogP contribution in [0.25, 0.3) is 0 Å². The fourth-order valence-electron chi connectivity index (χ4n) is 4.07. The average Bonchev–Trinajstić information content (AvgIpc) is 2.94. The number of anilines is 1. The number of hydrogen-bond donors (Lipinski definition) is 0. The van der Waals surface area contributed by atoms with Crippen LogP contribution in [0.3, 0.4) is 0 Å². The van der Waals surface area contributed by atoms with E-state index in [9.17, 15) is 4.79 Å². The molecule has 3 aliphatic rings. The second-order valence-corrected chi connectivity index (χ2v) is 7.23. The summed E-state index contributed by atoms with van der Waals surface area (Å²) in [5, 5.41) is 0. The Balaban J connectivity index is 1.43. The fraction of sp³-hybridized carbons (Fsp3) is 0.684. The summed E-state index contributed by atoms with van der Waals surface area (Å²) in [5.41, 5.74) is 1.72. The highest BCUT2D eigenvalue weighted by Gasteiger charge is 2.39. The lowest BCUT2D eigenvalue weighted by Gasteiger charge is -2.38. The Bertz CT molecular complexity index is 598. The smallest absolute Gasteiger partial charge is 0.255 e. The molecule has 0 N–H and O–H groups in total. The number of amides is 1. The molecular weight excluding hydrogens is 318 g/mol. The molecule has 6 heteroatoms. The molecule has 1 amide bonds. The monoisotopic (exact) mass is 345 g/mol. The third-order valence-electron chi connectivity index (χ3n) is 5.57. The number of rotatable bonds is 2. The number of piperidine rings is 1. The van der Waals surface area contributed by atoms with Crippen molar-refractivity contribution in [2.45, 2.75) is 44.3 Å². The van der Waals surface area contributed by atoms with E-state index in [1.54, 1.807) is 6.20 Å². The van der Waals surface area contributed by atoms with Gasteiger partial charge in [0.05, 0.1) is 30.7 Å². The molecule has 1 aromatic rings. The fourth-order valence-corrected chi connectivity index (χ4v) is 4.07. The lowest BCUT2D eigenvalue weighted by atomic mass is 10.0. The largest absolute Gasteiger partial charge is 0.370 e. The molecule has 0 unspecified atom stereocenters. The van der Waals surface area contributed by atoms with Crippen LogP contribution in [0.2, 0.25) is 0 Å². The second-order valence-electron chi connectivity index (χ2n) is 7.23. The molecule has 0 aliphatic carbocycles. The van der Waals surface area contributed by atoms with E-state index in [1.165, 1.54) is 12.8 Å². The molecular formula is C19H27N3O3. The number of carbonyl (C=O) groups excluding carboxylic acids is 1. The van der Waals surface area contributed by atoms with Crippen LogP contribution in [0.15, 0.2) is 18.5 Å². The summed E-state index contributed by atoms with van der Waals surface area (Å²) in [5.74, 6) is -0.254. The molecule has 4 heterocycles. The van der Waals surface area contributed by atoms with Gasteiger partial charge in [0, 0.05) is 45.2 Å². The molecule has 25 heavy (non-hydrogen) atoms. The second kappa shape index (κ2) is 7.30. The van der Waals surface area contributed by atoms with Gasteiger partial charge >= 0.3 is 0 Å². The SMILES string of the molecule is O=C(c1cncc(N2CCC3(CC2)OCCO3)c1)N1CCCCCC1. The van der Waals surface area contributed by atoms with Gasteiger partial charge in [0.15, 0.2) is 5.79 Å². The molecule has 1 spiro atoms. The van der Waals surface area contributed by atoms with Crippen LogP contribution in [-0.2, 0) is 9.47 Å². The van der Waals surface area contributed by atoms with Gasteiger partial charge in [-0.15, -0.1) is 0 Å². The first kappa shape index (κ1) is 16.8. The van der Waals surface area contributed by atoms with Crippen molar-refractivity contribution in [2.75, 3.05) is 44.3 Å². The maximum atomic E-state index is 12.8. The predicted molar refractivity (Wildman–Crippen MR) is 94.7 cm³/mol. The Kier molecular flexibility index (Phi) is 4.90. The van der Waals surface area contributed by atoms with Gasteiger partial charge in [-0.2, -0.15) is 0 Å². The van der Waals surface area contributed by atoms with Gasteiger partial charge < -0.3 is 19.3 Å². The van der Waals surface area contributed by atoms with Crippen molar-refractivity contribution in [2.24, 2.45) is 0 Å². The molecule has 0 atom stereocenters. The molecule has 1 aromatic heterocycles. The summed E-state index contributed by atoms with van der Waals surface area (Å²) in [6.45, 7) is 4.85. The Labute approximate surface area is 149 Å². The molecule has 6 nitrogen and oxygen atoms in total. The average molecular weight is 345 g/mol. The quantitative estimate of drug-likeness (QED) is 0.824. The molecule has 136 valence electrons. The van der Waals surface area contributed by atoms with Crippen LogP contribution >= 0.6 is 0 Å². The van der Waals surface area contributed by atoms with Gasteiger partial charge in [-0.3, -0.25) is 9.78 Å². The van der Waals surface area contributed by atoms with Crippen molar-refractivity contribution in [1.29, 1.82) is 0 Å². The van der Waals surface area contributed by atoms with Gasteiger partial charge in [-0.1, -0.05) is 12.8 Å². The van der Waals surface area contributed by atoms with Gasteiger partial charge in [-0.05, 0) is 18.9 Å². The zero-order valence-electron chi connectivity index (χ0n) is 14.8. The minimum atomic E-state index is -0.372. The van der Waals surface area contributed by atoms with E-state index in [0.29, 0.717) is 18.8 Å². The van der Waals surface area contributed by atoms with Crippen molar-refractivity contribution in [3.8, 4) is 0 Å². The van der Waals surface area contributed by atoms with Crippen LogP contribution in [0.4, 0.5) is 5.69 Å². The van der Waals surface area contributed by atoms with Crippen LogP contribution < -0.4 is 4.90 Å². The van der Waals surface area contributed by atoms with E-state index < -0.39 is 0 Å². The van der Waals surface area contributed by atoms with Crippen molar-refractivity contribution in [1.82, 2.24) is 9.88 Å². The standard InChI is InChI=1S/C19H27N3O3/c23-18(22-7-3-1-2-4-8-22)16-13-17(15-20-14-16)21-9-5-19(6-10-21)24-11-12-25-19/h13-15H,1-12H2. The Morgan fingerprint density at radius 2 is 1.64 bits per heavy atom. The van der Waals surface area contributed by atoms with Gasteiger partial charge in [-0.25, -0.2) is 0 Å². The summed E-state index contributed by atoms with van der Waals surface area (Å²) in [7, 11) is 0. The lowest BCUT2D eigenvalue weighted by molar-refractivity contribution is -0.169. The zero-order valence-corrected chi connectivity index (χ0v) is 14.8. The predicted octanol–water partition coefficient (Wildman–Crippen LogP) is 2.44. The lowest BCUT2D eigenvalue weighted by Crippen LogP contribution is -2.45. The molecule has 3 fully saturated rings. The van der Waals surface area contributed by atoms with E-state index in [1.807, 2.05) is 17.2 Å². The minimum absolute atomic E-state index is 0.118.